The first kappa shape index (κ1) is 21.5. The number of aryl methyl sites for hydroxylation is 1. The van der Waals surface area contributed by atoms with E-state index >= 15 is 0 Å². The van der Waals surface area contributed by atoms with E-state index in [0.717, 1.165) is 49.7 Å². The van der Waals surface area contributed by atoms with Crippen molar-refractivity contribution in [2.24, 2.45) is 0 Å². The van der Waals surface area contributed by atoms with Crippen molar-refractivity contribution in [1.29, 1.82) is 0 Å². The zero-order chi connectivity index (χ0) is 21.2. The van der Waals surface area contributed by atoms with E-state index in [9.17, 15) is 9.90 Å². The Kier molecular flexibility index (Phi) is 7.95. The standard InChI is InChI=1S/C25H28N2O3/c1-19(30-25(29)22-11-7-4-8-12-22)9-5-2-3-6-10-20-17-26-24(27-18-20)21-13-15-23(28)16-14-21/h4,7-8,11-19,28H,2-3,5-6,9-10H2,1H3. The molecule has 5 heteroatoms. The number of esters is 1. The predicted octanol–water partition coefficient (Wildman–Crippen LogP) is 5.59. The SMILES string of the molecule is CC(CCCCCCc1cnc(-c2ccc(O)cc2)nc1)OC(=O)c1ccccc1. The van der Waals surface area contributed by atoms with Crippen molar-refractivity contribution >= 4 is 5.97 Å². The van der Waals surface area contributed by atoms with E-state index in [1.165, 1.54) is 0 Å². The number of hydrogen-bond acceptors (Lipinski definition) is 5. The first-order chi connectivity index (χ1) is 14.6. The van der Waals surface area contributed by atoms with Gasteiger partial charge in [-0.1, -0.05) is 31.0 Å². The number of rotatable bonds is 10. The van der Waals surface area contributed by atoms with Gasteiger partial charge in [-0.3, -0.25) is 0 Å². The number of hydrogen-bond donors (Lipinski definition) is 1. The molecule has 0 bridgehead atoms. The molecule has 3 rings (SSSR count). The van der Waals surface area contributed by atoms with E-state index in [0.29, 0.717) is 11.4 Å². The van der Waals surface area contributed by atoms with E-state index in [2.05, 4.69) is 9.97 Å². The van der Waals surface area contributed by atoms with E-state index in [1.54, 1.807) is 24.3 Å². The number of benzene rings is 2. The molecule has 156 valence electrons. The molecule has 1 heterocycles. The third-order valence-electron chi connectivity index (χ3n) is 4.97. The molecule has 3 aromatic rings. The van der Waals surface area contributed by atoms with Crippen molar-refractivity contribution in [2.75, 3.05) is 0 Å². The van der Waals surface area contributed by atoms with Crippen LogP contribution in [0.2, 0.25) is 0 Å². The molecule has 0 aliphatic heterocycles. The fourth-order valence-electron chi connectivity index (χ4n) is 3.24. The summed E-state index contributed by atoms with van der Waals surface area (Å²) in [6.45, 7) is 1.95. The molecule has 0 spiro atoms. The van der Waals surface area contributed by atoms with Gasteiger partial charge < -0.3 is 9.84 Å². The Morgan fingerprint density at radius 1 is 0.933 bits per heavy atom. The largest absolute Gasteiger partial charge is 0.508 e. The summed E-state index contributed by atoms with van der Waals surface area (Å²) in [7, 11) is 0. The minimum Gasteiger partial charge on any atom is -0.508 e. The van der Waals surface area contributed by atoms with Crippen LogP contribution in [0.5, 0.6) is 5.75 Å². The van der Waals surface area contributed by atoms with Gasteiger partial charge in [0.1, 0.15) is 5.75 Å². The zero-order valence-electron chi connectivity index (χ0n) is 17.3. The number of aromatic hydroxyl groups is 1. The molecule has 0 fully saturated rings. The van der Waals surface area contributed by atoms with Crippen LogP contribution in [0, 0.1) is 0 Å². The third-order valence-corrected chi connectivity index (χ3v) is 4.97. The second-order valence-corrected chi connectivity index (χ2v) is 7.50. The van der Waals surface area contributed by atoms with E-state index in [4.69, 9.17) is 4.74 Å². The van der Waals surface area contributed by atoms with Gasteiger partial charge in [0.25, 0.3) is 0 Å². The number of carbonyl (C=O) groups excluding carboxylic acids is 1. The number of phenolic OH excluding ortho intramolecular Hbond substituents is 1. The van der Waals surface area contributed by atoms with Crippen LogP contribution >= 0.6 is 0 Å². The van der Waals surface area contributed by atoms with Gasteiger partial charge in [-0.05, 0) is 74.6 Å². The number of unbranched alkanes of at least 4 members (excludes halogenated alkanes) is 3. The van der Waals surface area contributed by atoms with Crippen LogP contribution in [0.25, 0.3) is 11.4 Å². The highest BCUT2D eigenvalue weighted by atomic mass is 16.5. The topological polar surface area (TPSA) is 72.3 Å². The van der Waals surface area contributed by atoms with Crippen molar-refractivity contribution in [3.8, 4) is 17.1 Å². The van der Waals surface area contributed by atoms with Crippen molar-refractivity contribution in [2.45, 2.75) is 51.6 Å². The van der Waals surface area contributed by atoms with Crippen LogP contribution in [0.1, 0.15) is 54.9 Å². The van der Waals surface area contributed by atoms with Crippen LogP contribution in [0.15, 0.2) is 67.0 Å². The molecular weight excluding hydrogens is 376 g/mol. The normalized spacial score (nSPS) is 11.8. The summed E-state index contributed by atoms with van der Waals surface area (Å²) < 4.78 is 5.50. The molecule has 0 saturated carbocycles. The molecule has 0 amide bonds. The van der Waals surface area contributed by atoms with Crippen molar-refractivity contribution in [1.82, 2.24) is 9.97 Å². The lowest BCUT2D eigenvalue weighted by molar-refractivity contribution is 0.0319. The Hall–Kier alpha value is -3.21. The highest BCUT2D eigenvalue weighted by molar-refractivity contribution is 5.89. The summed E-state index contributed by atoms with van der Waals surface area (Å²) in [5.74, 6) is 0.649. The molecule has 0 aliphatic carbocycles. The van der Waals surface area contributed by atoms with Crippen LogP contribution in [0.3, 0.4) is 0 Å². The number of aromatic nitrogens is 2. The molecule has 2 aromatic carbocycles. The molecule has 1 unspecified atom stereocenters. The number of nitrogens with zero attached hydrogens (tertiary/aromatic N) is 2. The average molecular weight is 405 g/mol. The molecule has 0 radical (unpaired) electrons. The molecular formula is C25H28N2O3. The molecule has 5 nitrogen and oxygen atoms in total. The van der Waals surface area contributed by atoms with E-state index in [1.807, 2.05) is 49.6 Å². The lowest BCUT2D eigenvalue weighted by Gasteiger charge is -2.13. The molecule has 0 aliphatic rings. The fourth-order valence-corrected chi connectivity index (χ4v) is 3.24. The second kappa shape index (κ2) is 11.1. The lowest BCUT2D eigenvalue weighted by atomic mass is 10.1. The van der Waals surface area contributed by atoms with Crippen molar-refractivity contribution in [3.63, 3.8) is 0 Å². The first-order valence-corrected chi connectivity index (χ1v) is 10.5. The smallest absolute Gasteiger partial charge is 0.338 e. The maximum atomic E-state index is 12.0. The average Bonchev–Trinajstić information content (AvgIpc) is 2.78. The van der Waals surface area contributed by atoms with Gasteiger partial charge in [0.2, 0.25) is 0 Å². The highest BCUT2D eigenvalue weighted by Crippen LogP contribution is 2.18. The van der Waals surface area contributed by atoms with Gasteiger partial charge in [0.15, 0.2) is 5.82 Å². The molecule has 1 aromatic heterocycles. The molecule has 30 heavy (non-hydrogen) atoms. The fraction of sp³-hybridized carbons (Fsp3) is 0.320. The van der Waals surface area contributed by atoms with Gasteiger partial charge in [-0.2, -0.15) is 0 Å². The highest BCUT2D eigenvalue weighted by Gasteiger charge is 2.11. The summed E-state index contributed by atoms with van der Waals surface area (Å²) in [6.07, 6.45) is 9.87. The Bertz CT molecular complexity index is 909. The maximum absolute atomic E-state index is 12.0. The maximum Gasteiger partial charge on any atom is 0.338 e. The van der Waals surface area contributed by atoms with Gasteiger partial charge >= 0.3 is 5.97 Å². The minimum atomic E-state index is -0.251. The van der Waals surface area contributed by atoms with E-state index in [-0.39, 0.29) is 17.8 Å². The summed E-state index contributed by atoms with van der Waals surface area (Å²) in [6, 6.07) is 16.0. The zero-order valence-corrected chi connectivity index (χ0v) is 17.3. The number of ether oxygens (including phenoxy) is 1. The quantitative estimate of drug-likeness (QED) is 0.352. The summed E-state index contributed by atoms with van der Waals surface area (Å²) in [4.78, 5) is 20.9. The summed E-state index contributed by atoms with van der Waals surface area (Å²) in [5.41, 5.74) is 2.62. The first-order valence-electron chi connectivity index (χ1n) is 10.5. The Labute approximate surface area is 177 Å². The van der Waals surface area contributed by atoms with Crippen LogP contribution < -0.4 is 0 Å². The predicted molar refractivity (Wildman–Crippen MR) is 117 cm³/mol. The number of carbonyl (C=O) groups is 1. The minimum absolute atomic E-state index is 0.0708. The molecule has 0 saturated heterocycles. The van der Waals surface area contributed by atoms with Gasteiger partial charge in [0.05, 0.1) is 11.7 Å². The van der Waals surface area contributed by atoms with Crippen LogP contribution in [-0.4, -0.2) is 27.1 Å². The van der Waals surface area contributed by atoms with Crippen LogP contribution in [-0.2, 0) is 11.2 Å². The second-order valence-electron chi connectivity index (χ2n) is 7.50. The van der Waals surface area contributed by atoms with Gasteiger partial charge in [-0.25, -0.2) is 14.8 Å². The Morgan fingerprint density at radius 3 is 2.30 bits per heavy atom. The monoisotopic (exact) mass is 404 g/mol. The van der Waals surface area contributed by atoms with Gasteiger partial charge in [0, 0.05) is 18.0 Å². The van der Waals surface area contributed by atoms with Crippen molar-refractivity contribution in [3.05, 3.63) is 78.1 Å². The van der Waals surface area contributed by atoms with E-state index < -0.39 is 0 Å². The van der Waals surface area contributed by atoms with Gasteiger partial charge in [-0.15, -0.1) is 0 Å². The third kappa shape index (κ3) is 6.69. The van der Waals surface area contributed by atoms with Crippen molar-refractivity contribution < 1.29 is 14.6 Å². The number of phenols is 1. The molecule has 1 atom stereocenters. The Morgan fingerprint density at radius 2 is 1.60 bits per heavy atom. The lowest BCUT2D eigenvalue weighted by Crippen LogP contribution is -2.14. The summed E-state index contributed by atoms with van der Waals surface area (Å²) >= 11 is 0. The Balaban J connectivity index is 1.30. The van der Waals surface area contributed by atoms with Crippen LogP contribution in [0.4, 0.5) is 0 Å². The summed E-state index contributed by atoms with van der Waals surface area (Å²) in [5, 5.41) is 9.36. The molecule has 1 N–H and O–H groups in total.